The van der Waals surface area contributed by atoms with Crippen LogP contribution in [-0.2, 0) is 6.18 Å². The summed E-state index contributed by atoms with van der Waals surface area (Å²) >= 11 is 0. The number of aromatic nitrogens is 2. The molecule has 53 heavy (non-hydrogen) atoms. The highest BCUT2D eigenvalue weighted by Gasteiger charge is 2.33. The maximum atomic E-state index is 15.4. The van der Waals surface area contributed by atoms with Gasteiger partial charge in [0.25, 0.3) is 0 Å². The van der Waals surface area contributed by atoms with Crippen molar-refractivity contribution in [2.75, 3.05) is 0 Å². The fourth-order valence-corrected chi connectivity index (χ4v) is 7.02. The minimum Gasteiger partial charge on any atom is -0.311 e. The third kappa shape index (κ3) is 5.07. The molecule has 0 spiro atoms. The number of hydrogen-bond acceptors (Lipinski definition) is 2. The first kappa shape index (κ1) is 32.3. The van der Waals surface area contributed by atoms with E-state index in [2.05, 4.69) is 26.7 Å². The van der Waals surface area contributed by atoms with Gasteiger partial charge in [-0.15, -0.1) is 0 Å². The molecule has 0 bridgehead atoms. The summed E-state index contributed by atoms with van der Waals surface area (Å²) in [6.45, 7) is 23.2. The zero-order valence-electron chi connectivity index (χ0n) is 27.0. The lowest BCUT2D eigenvalue weighted by Gasteiger charge is -2.22. The Kier molecular flexibility index (Phi) is 7.23. The van der Waals surface area contributed by atoms with Crippen LogP contribution >= 0.6 is 0 Å². The first-order chi connectivity index (χ1) is 25.6. The summed E-state index contributed by atoms with van der Waals surface area (Å²) < 4.78 is 61.9. The Morgan fingerprint density at radius 3 is 1.38 bits per heavy atom. The third-order valence-corrected chi connectivity index (χ3v) is 9.22. The van der Waals surface area contributed by atoms with Crippen molar-refractivity contribution in [2.24, 2.45) is 0 Å². The molecule has 0 aliphatic rings. The molecule has 8 rings (SSSR count). The lowest BCUT2D eigenvalue weighted by Crippen LogP contribution is -2.08. The van der Waals surface area contributed by atoms with Gasteiger partial charge in [-0.3, -0.25) is 0 Å². The molecular formula is C42H17F4N7. The summed E-state index contributed by atoms with van der Waals surface area (Å²) in [7, 11) is 0. The second-order valence-corrected chi connectivity index (χ2v) is 12.2. The Bertz CT molecular complexity index is 2820. The Labute approximate surface area is 298 Å². The smallest absolute Gasteiger partial charge is 0.311 e. The van der Waals surface area contributed by atoms with Gasteiger partial charge < -0.3 is 9.13 Å². The minimum atomic E-state index is -4.93. The van der Waals surface area contributed by atoms with Crippen molar-refractivity contribution >= 4 is 60.7 Å². The summed E-state index contributed by atoms with van der Waals surface area (Å²) in [5, 5.41) is 23.0. The van der Waals surface area contributed by atoms with E-state index in [1.165, 1.54) is 12.1 Å². The van der Waals surface area contributed by atoms with E-state index < -0.39 is 17.6 Å². The van der Waals surface area contributed by atoms with Gasteiger partial charge in [0.2, 0.25) is 0 Å². The van der Waals surface area contributed by atoms with Crippen molar-refractivity contribution < 1.29 is 17.6 Å². The predicted octanol–water partition coefficient (Wildman–Crippen LogP) is 12.1. The average molecular weight is 696 g/mol. The molecule has 0 saturated carbocycles. The largest absolute Gasteiger partial charge is 0.416 e. The van der Waals surface area contributed by atoms with Crippen molar-refractivity contribution in [3.05, 3.63) is 160 Å². The van der Waals surface area contributed by atoms with Gasteiger partial charge in [-0.1, -0.05) is 42.5 Å². The van der Waals surface area contributed by atoms with E-state index in [0.29, 0.717) is 49.7 Å². The van der Waals surface area contributed by atoms with Crippen molar-refractivity contribution in [1.29, 1.82) is 10.5 Å². The molecule has 7 nitrogen and oxygen atoms in total. The van der Waals surface area contributed by atoms with Crippen LogP contribution in [0.15, 0.2) is 103 Å². The molecule has 0 saturated heterocycles. The fraction of sp³-hybridized carbons (Fsp3) is 0.0238. The number of benzene rings is 6. The van der Waals surface area contributed by atoms with Crippen molar-refractivity contribution in [3.63, 3.8) is 0 Å². The van der Waals surface area contributed by atoms with E-state index in [0.717, 1.165) is 12.1 Å². The normalized spacial score (nSPS) is 11.3. The van der Waals surface area contributed by atoms with Gasteiger partial charge in [0.1, 0.15) is 5.82 Å². The van der Waals surface area contributed by atoms with Crippen LogP contribution in [0.2, 0.25) is 0 Å². The highest BCUT2D eigenvalue weighted by atomic mass is 19.4. The van der Waals surface area contributed by atoms with E-state index in [-0.39, 0.29) is 50.7 Å². The summed E-state index contributed by atoms with van der Waals surface area (Å²) in [4.78, 5) is 10.8. The van der Waals surface area contributed by atoms with E-state index in [1.807, 2.05) is 0 Å². The standard InChI is InChI=1S/C42H17F4N7/c1-49-28-5-9-32-31-8-4-23(21-47)12-35(31)52(36(32)18-28)39-13-24(22-48)14-40(41(39)25-15-26(42(44,45)46)17-27(43)16-25)53-37-19-29(50-2)6-10-33(37)34-11-7-30(51-3)20-38(34)53/h4-20H. The number of nitriles is 2. The van der Waals surface area contributed by atoms with Crippen LogP contribution in [0.5, 0.6) is 0 Å². The van der Waals surface area contributed by atoms with Gasteiger partial charge in [-0.05, 0) is 66.2 Å². The van der Waals surface area contributed by atoms with E-state index >= 15 is 4.39 Å². The van der Waals surface area contributed by atoms with Gasteiger partial charge in [0.05, 0.1) is 65.4 Å². The quantitative estimate of drug-likeness (QED) is 0.136. The van der Waals surface area contributed by atoms with E-state index in [9.17, 15) is 23.7 Å². The van der Waals surface area contributed by atoms with E-state index in [4.69, 9.17) is 19.7 Å². The van der Waals surface area contributed by atoms with Gasteiger partial charge in [0.15, 0.2) is 17.1 Å². The molecule has 0 unspecified atom stereocenters. The Morgan fingerprint density at radius 2 is 0.962 bits per heavy atom. The van der Waals surface area contributed by atoms with Crippen LogP contribution in [0.3, 0.4) is 0 Å². The first-order valence-electron chi connectivity index (χ1n) is 15.7. The molecule has 0 amide bonds. The van der Waals surface area contributed by atoms with Crippen LogP contribution in [0.25, 0.3) is 80.6 Å². The number of halogens is 4. The summed E-state index contributed by atoms with van der Waals surface area (Å²) in [6, 6.07) is 29.3. The second-order valence-electron chi connectivity index (χ2n) is 12.2. The molecule has 0 N–H and O–H groups in total. The summed E-state index contributed by atoms with van der Waals surface area (Å²) in [6.07, 6.45) is -4.93. The highest BCUT2D eigenvalue weighted by molar-refractivity contribution is 6.13. The highest BCUT2D eigenvalue weighted by Crippen LogP contribution is 2.45. The molecule has 0 radical (unpaired) electrons. The molecule has 0 atom stereocenters. The van der Waals surface area contributed by atoms with Crippen LogP contribution in [0, 0.1) is 48.2 Å². The maximum Gasteiger partial charge on any atom is 0.416 e. The maximum absolute atomic E-state index is 15.4. The van der Waals surface area contributed by atoms with Crippen molar-refractivity contribution in [2.45, 2.75) is 6.18 Å². The van der Waals surface area contributed by atoms with Crippen LogP contribution < -0.4 is 0 Å². The molecule has 0 aliphatic heterocycles. The van der Waals surface area contributed by atoms with Gasteiger partial charge in [0, 0.05) is 43.7 Å². The molecule has 8 aromatic rings. The van der Waals surface area contributed by atoms with Gasteiger partial charge in [-0.25, -0.2) is 18.9 Å². The molecule has 2 heterocycles. The third-order valence-electron chi connectivity index (χ3n) is 9.22. The molecule has 0 fully saturated rings. The summed E-state index contributed by atoms with van der Waals surface area (Å²) in [5.41, 5.74) is 1.90. The minimum absolute atomic E-state index is 0.0728. The van der Waals surface area contributed by atoms with Gasteiger partial charge in [-0.2, -0.15) is 23.7 Å². The molecule has 248 valence electrons. The number of rotatable bonds is 3. The lowest BCUT2D eigenvalue weighted by atomic mass is 9.96. The Hall–Kier alpha value is -7.91. The number of alkyl halides is 3. The zero-order chi connectivity index (χ0) is 37.2. The summed E-state index contributed by atoms with van der Waals surface area (Å²) in [5.74, 6) is -1.16. The average Bonchev–Trinajstić information content (AvgIpc) is 3.67. The topological polar surface area (TPSA) is 70.5 Å². The van der Waals surface area contributed by atoms with Crippen LogP contribution in [0.1, 0.15) is 16.7 Å². The van der Waals surface area contributed by atoms with E-state index in [1.54, 1.807) is 81.9 Å². The number of nitrogens with zero attached hydrogens (tertiary/aromatic N) is 7. The lowest BCUT2D eigenvalue weighted by molar-refractivity contribution is -0.137. The van der Waals surface area contributed by atoms with Crippen molar-refractivity contribution in [1.82, 2.24) is 9.13 Å². The second kappa shape index (κ2) is 11.9. The van der Waals surface area contributed by atoms with Gasteiger partial charge >= 0.3 is 6.18 Å². The fourth-order valence-electron chi connectivity index (χ4n) is 7.02. The first-order valence-corrected chi connectivity index (χ1v) is 15.7. The predicted molar refractivity (Wildman–Crippen MR) is 194 cm³/mol. The monoisotopic (exact) mass is 695 g/mol. The van der Waals surface area contributed by atoms with Crippen LogP contribution in [-0.4, -0.2) is 9.13 Å². The Morgan fingerprint density at radius 1 is 0.528 bits per heavy atom. The number of hydrogen-bond donors (Lipinski definition) is 0. The molecular weight excluding hydrogens is 679 g/mol. The van der Waals surface area contributed by atoms with Crippen LogP contribution in [0.4, 0.5) is 34.6 Å². The molecule has 6 aromatic carbocycles. The Balaban J connectivity index is 1.66. The zero-order valence-corrected chi connectivity index (χ0v) is 27.0. The molecule has 11 heteroatoms. The molecule has 2 aromatic heterocycles. The SMILES string of the molecule is [C-]#[N+]c1ccc2c3ccc(C#N)cc3n(-c3cc(C#N)cc(-n4c5cc([N+]#[C-])ccc5c5ccc([N+]#[C-])cc54)c3-c3cc(F)cc(C(F)(F)F)c3)c2c1. The number of fused-ring (bicyclic) bond motifs is 6. The molecule has 0 aliphatic carbocycles. The van der Waals surface area contributed by atoms with Crippen molar-refractivity contribution in [3.8, 4) is 34.6 Å².